The summed E-state index contributed by atoms with van der Waals surface area (Å²) in [5, 5.41) is 0. The minimum atomic E-state index is -0.438. The Kier molecular flexibility index (Phi) is 6.51. The number of benzene rings is 1. The molecule has 0 saturated carbocycles. The molecule has 25 heavy (non-hydrogen) atoms. The zero-order chi connectivity index (χ0) is 18.4. The highest BCUT2D eigenvalue weighted by Crippen LogP contribution is 2.23. The van der Waals surface area contributed by atoms with Crippen molar-refractivity contribution in [3.05, 3.63) is 36.4 Å². The van der Waals surface area contributed by atoms with Gasteiger partial charge in [-0.1, -0.05) is 25.6 Å². The number of carbonyl (C=O) groups is 1. The van der Waals surface area contributed by atoms with Crippen LogP contribution >= 0.6 is 0 Å². The van der Waals surface area contributed by atoms with Gasteiger partial charge in [-0.2, -0.15) is 0 Å². The van der Waals surface area contributed by atoms with Gasteiger partial charge in [0.25, 0.3) is 0 Å². The smallest absolute Gasteiger partial charge is 0.410 e. The van der Waals surface area contributed by atoms with Crippen LogP contribution in [0.15, 0.2) is 30.8 Å². The van der Waals surface area contributed by atoms with E-state index in [1.165, 1.54) is 5.56 Å². The molecule has 1 aliphatic heterocycles. The first-order chi connectivity index (χ1) is 11.8. The Labute approximate surface area is 151 Å². The van der Waals surface area contributed by atoms with Gasteiger partial charge in [0.1, 0.15) is 11.4 Å². The van der Waals surface area contributed by atoms with Gasteiger partial charge in [-0.3, -0.25) is 0 Å². The summed E-state index contributed by atoms with van der Waals surface area (Å²) >= 11 is 0. The van der Waals surface area contributed by atoms with Crippen LogP contribution in [0, 0.1) is 5.92 Å². The minimum Gasteiger partial charge on any atom is -0.493 e. The number of piperidine rings is 1. The Morgan fingerprint density at radius 2 is 1.80 bits per heavy atom. The molecule has 1 fully saturated rings. The maximum Gasteiger partial charge on any atom is 0.410 e. The molecule has 0 bridgehead atoms. The Morgan fingerprint density at radius 1 is 1.20 bits per heavy atom. The first-order valence-electron chi connectivity index (χ1n) is 9.17. The van der Waals surface area contributed by atoms with E-state index in [0.29, 0.717) is 12.5 Å². The summed E-state index contributed by atoms with van der Waals surface area (Å²) < 4.78 is 11.4. The molecular weight excluding hydrogens is 314 g/mol. The van der Waals surface area contributed by atoms with Crippen LogP contribution in [0.1, 0.15) is 52.5 Å². The highest BCUT2D eigenvalue weighted by molar-refractivity contribution is 5.68. The molecule has 0 radical (unpaired) electrons. The number of likely N-dealkylation sites (tertiary alicyclic amines) is 1. The number of hydrogen-bond donors (Lipinski definition) is 0. The quantitative estimate of drug-likeness (QED) is 0.742. The third-order valence-electron chi connectivity index (χ3n) is 4.44. The number of nitrogens with zero attached hydrogens (tertiary/aromatic N) is 1. The second kappa shape index (κ2) is 8.41. The fourth-order valence-electron chi connectivity index (χ4n) is 2.81. The van der Waals surface area contributed by atoms with Gasteiger partial charge in [0.05, 0.1) is 6.61 Å². The van der Waals surface area contributed by atoms with Gasteiger partial charge < -0.3 is 14.4 Å². The molecule has 0 N–H and O–H groups in total. The number of carbonyl (C=O) groups excluding carboxylic acids is 1. The summed E-state index contributed by atoms with van der Waals surface area (Å²) in [4.78, 5) is 13.9. The molecule has 2 rings (SSSR count). The first-order valence-corrected chi connectivity index (χ1v) is 9.17. The molecule has 4 heteroatoms. The van der Waals surface area contributed by atoms with E-state index in [4.69, 9.17) is 9.47 Å². The predicted octanol–water partition coefficient (Wildman–Crippen LogP) is 5.14. The van der Waals surface area contributed by atoms with E-state index >= 15 is 0 Å². The average molecular weight is 345 g/mol. The van der Waals surface area contributed by atoms with E-state index in [1.54, 1.807) is 4.90 Å². The SMILES string of the molecule is C=C(CC)c1ccc(OCC2CCN(C(=O)OC(C)(C)C)CC2)cc1. The lowest BCUT2D eigenvalue weighted by Gasteiger charge is -2.33. The van der Waals surface area contributed by atoms with Crippen LogP contribution in [0.5, 0.6) is 5.75 Å². The molecule has 0 atom stereocenters. The lowest BCUT2D eigenvalue weighted by atomic mass is 9.98. The van der Waals surface area contributed by atoms with Gasteiger partial charge >= 0.3 is 6.09 Å². The van der Waals surface area contributed by atoms with Crippen molar-refractivity contribution in [3.8, 4) is 5.75 Å². The highest BCUT2D eigenvalue weighted by atomic mass is 16.6. The van der Waals surface area contributed by atoms with E-state index in [1.807, 2.05) is 32.9 Å². The second-order valence-electron chi connectivity index (χ2n) is 7.70. The largest absolute Gasteiger partial charge is 0.493 e. The van der Waals surface area contributed by atoms with Gasteiger partial charge in [-0.05, 0) is 69.2 Å². The molecule has 0 aromatic heterocycles. The van der Waals surface area contributed by atoms with Crippen molar-refractivity contribution < 1.29 is 14.3 Å². The monoisotopic (exact) mass is 345 g/mol. The molecule has 1 aliphatic rings. The zero-order valence-corrected chi connectivity index (χ0v) is 16.0. The lowest BCUT2D eigenvalue weighted by molar-refractivity contribution is 0.0165. The number of ether oxygens (including phenoxy) is 2. The van der Waals surface area contributed by atoms with E-state index in [-0.39, 0.29) is 6.09 Å². The van der Waals surface area contributed by atoms with Crippen LogP contribution in [0.2, 0.25) is 0 Å². The Hall–Kier alpha value is -1.97. The molecule has 0 aliphatic carbocycles. The van der Waals surface area contributed by atoms with Gasteiger partial charge in [0.15, 0.2) is 0 Å². The normalized spacial score (nSPS) is 15.8. The summed E-state index contributed by atoms with van der Waals surface area (Å²) in [5.41, 5.74) is 1.87. The third kappa shape index (κ3) is 6.11. The molecule has 0 unspecified atom stereocenters. The summed E-state index contributed by atoms with van der Waals surface area (Å²) in [7, 11) is 0. The molecule has 1 aromatic carbocycles. The van der Waals surface area contributed by atoms with Crippen molar-refractivity contribution in [2.75, 3.05) is 19.7 Å². The first kappa shape index (κ1) is 19.4. The minimum absolute atomic E-state index is 0.210. The second-order valence-corrected chi connectivity index (χ2v) is 7.70. The van der Waals surface area contributed by atoms with Crippen molar-refractivity contribution in [3.63, 3.8) is 0 Å². The molecule has 1 heterocycles. The van der Waals surface area contributed by atoms with E-state index in [2.05, 4.69) is 25.6 Å². The number of hydrogen-bond acceptors (Lipinski definition) is 3. The van der Waals surface area contributed by atoms with Gasteiger partial charge in [0.2, 0.25) is 0 Å². The maximum atomic E-state index is 12.1. The summed E-state index contributed by atoms with van der Waals surface area (Å²) in [6.07, 6.45) is 2.64. The van der Waals surface area contributed by atoms with Crippen LogP contribution in [0.3, 0.4) is 0 Å². The molecule has 1 saturated heterocycles. The van der Waals surface area contributed by atoms with E-state index in [0.717, 1.165) is 43.7 Å². The highest BCUT2D eigenvalue weighted by Gasteiger charge is 2.27. The molecule has 4 nitrogen and oxygen atoms in total. The van der Waals surface area contributed by atoms with Crippen LogP contribution in [-0.4, -0.2) is 36.3 Å². The Balaban J connectivity index is 1.75. The predicted molar refractivity (Wildman–Crippen MR) is 102 cm³/mol. The number of rotatable bonds is 5. The fourth-order valence-corrected chi connectivity index (χ4v) is 2.81. The fraction of sp³-hybridized carbons (Fsp3) is 0.571. The molecule has 1 amide bonds. The summed E-state index contributed by atoms with van der Waals surface area (Å²) in [5.74, 6) is 1.37. The van der Waals surface area contributed by atoms with Crippen molar-refractivity contribution in [1.82, 2.24) is 4.90 Å². The van der Waals surface area contributed by atoms with Crippen LogP contribution < -0.4 is 4.74 Å². The van der Waals surface area contributed by atoms with Gasteiger partial charge in [-0.25, -0.2) is 4.79 Å². The Morgan fingerprint density at radius 3 is 2.32 bits per heavy atom. The van der Waals surface area contributed by atoms with Crippen molar-refractivity contribution in [2.24, 2.45) is 5.92 Å². The van der Waals surface area contributed by atoms with Gasteiger partial charge in [0, 0.05) is 13.1 Å². The molecule has 138 valence electrons. The molecular formula is C21H31NO3. The average Bonchev–Trinajstić information content (AvgIpc) is 2.58. The van der Waals surface area contributed by atoms with Crippen LogP contribution in [0.4, 0.5) is 4.79 Å². The van der Waals surface area contributed by atoms with Crippen molar-refractivity contribution in [1.29, 1.82) is 0 Å². The summed E-state index contributed by atoms with van der Waals surface area (Å²) in [6.45, 7) is 14.0. The number of allylic oxidation sites excluding steroid dienone is 1. The number of amides is 1. The zero-order valence-electron chi connectivity index (χ0n) is 16.0. The van der Waals surface area contributed by atoms with E-state index in [9.17, 15) is 4.79 Å². The molecule has 0 spiro atoms. The van der Waals surface area contributed by atoms with E-state index < -0.39 is 5.60 Å². The molecule has 1 aromatic rings. The lowest BCUT2D eigenvalue weighted by Crippen LogP contribution is -2.42. The Bertz CT molecular complexity index is 578. The van der Waals surface area contributed by atoms with Crippen molar-refractivity contribution in [2.45, 2.75) is 52.6 Å². The van der Waals surface area contributed by atoms with Gasteiger partial charge in [-0.15, -0.1) is 0 Å². The maximum absolute atomic E-state index is 12.1. The summed E-state index contributed by atoms with van der Waals surface area (Å²) in [6, 6.07) is 8.14. The third-order valence-corrected chi connectivity index (χ3v) is 4.44. The topological polar surface area (TPSA) is 38.8 Å². The van der Waals surface area contributed by atoms with Crippen LogP contribution in [0.25, 0.3) is 5.57 Å². The van der Waals surface area contributed by atoms with Crippen LogP contribution in [-0.2, 0) is 4.74 Å². The van der Waals surface area contributed by atoms with Crippen molar-refractivity contribution >= 4 is 11.7 Å². The standard InChI is InChI=1S/C21H31NO3/c1-6-16(2)18-7-9-19(10-8-18)24-15-17-11-13-22(14-12-17)20(23)25-21(3,4)5/h7-10,17H,2,6,11-15H2,1,3-5H3.